The number of benzene rings is 1. The molecule has 0 saturated carbocycles. The summed E-state index contributed by atoms with van der Waals surface area (Å²) in [6, 6.07) is 7.84. The van der Waals surface area contributed by atoms with Crippen molar-refractivity contribution in [1.82, 2.24) is 4.98 Å². The molecule has 0 unspecified atom stereocenters. The van der Waals surface area contributed by atoms with Gasteiger partial charge in [-0.2, -0.15) is 0 Å². The number of rotatable bonds is 2. The number of nitrogens with one attached hydrogen (secondary N) is 1. The van der Waals surface area contributed by atoms with E-state index in [0.717, 1.165) is 0 Å². The lowest BCUT2D eigenvalue weighted by atomic mass is 10.0. The SMILES string of the molecule is Cc1cc(-c2cccc(C(=O)O)c2Cl)cc(=O)[nH]1. The predicted octanol–water partition coefficient (Wildman–Crippen LogP) is 2.70. The predicted molar refractivity (Wildman–Crippen MR) is 69.2 cm³/mol. The summed E-state index contributed by atoms with van der Waals surface area (Å²) in [5.41, 5.74) is 1.60. The Morgan fingerprint density at radius 1 is 1.33 bits per heavy atom. The summed E-state index contributed by atoms with van der Waals surface area (Å²) in [4.78, 5) is 25.0. The average molecular weight is 264 g/mol. The zero-order chi connectivity index (χ0) is 13.3. The van der Waals surface area contributed by atoms with Gasteiger partial charge < -0.3 is 10.1 Å². The first-order chi connectivity index (χ1) is 8.49. The van der Waals surface area contributed by atoms with Gasteiger partial charge in [0.05, 0.1) is 10.6 Å². The maximum atomic E-state index is 11.4. The van der Waals surface area contributed by atoms with E-state index in [0.29, 0.717) is 16.8 Å². The fraction of sp³-hybridized carbons (Fsp3) is 0.0769. The molecule has 4 nitrogen and oxygen atoms in total. The highest BCUT2D eigenvalue weighted by molar-refractivity contribution is 6.36. The second-order valence-electron chi connectivity index (χ2n) is 3.89. The number of carbonyl (C=O) groups is 1. The van der Waals surface area contributed by atoms with Gasteiger partial charge in [0.25, 0.3) is 0 Å². The van der Waals surface area contributed by atoms with Crippen molar-refractivity contribution in [3.63, 3.8) is 0 Å². The number of aromatic amines is 1. The van der Waals surface area contributed by atoms with Crippen molar-refractivity contribution in [1.29, 1.82) is 0 Å². The third-order valence-corrected chi connectivity index (χ3v) is 2.93. The molecule has 0 radical (unpaired) electrons. The van der Waals surface area contributed by atoms with Crippen LogP contribution in [0.25, 0.3) is 11.1 Å². The van der Waals surface area contributed by atoms with Gasteiger partial charge >= 0.3 is 5.97 Å². The van der Waals surface area contributed by atoms with Gasteiger partial charge in [-0.3, -0.25) is 4.79 Å². The van der Waals surface area contributed by atoms with Crippen molar-refractivity contribution in [2.75, 3.05) is 0 Å². The van der Waals surface area contributed by atoms with Crippen molar-refractivity contribution in [3.05, 3.63) is 57.0 Å². The Hall–Kier alpha value is -2.07. The van der Waals surface area contributed by atoms with Crippen LogP contribution in [0.1, 0.15) is 16.1 Å². The monoisotopic (exact) mass is 263 g/mol. The molecule has 92 valence electrons. The third kappa shape index (κ3) is 2.28. The quantitative estimate of drug-likeness (QED) is 0.875. The molecule has 5 heteroatoms. The van der Waals surface area contributed by atoms with E-state index < -0.39 is 5.97 Å². The van der Waals surface area contributed by atoms with Gasteiger partial charge in [-0.25, -0.2) is 4.79 Å². The van der Waals surface area contributed by atoms with Gasteiger partial charge in [-0.05, 0) is 24.6 Å². The summed E-state index contributed by atoms with van der Waals surface area (Å²) in [6.45, 7) is 1.75. The highest BCUT2D eigenvalue weighted by atomic mass is 35.5. The lowest BCUT2D eigenvalue weighted by molar-refractivity contribution is 0.0697. The fourth-order valence-electron chi connectivity index (χ4n) is 1.76. The molecule has 1 heterocycles. The van der Waals surface area contributed by atoms with E-state index in [1.807, 2.05) is 0 Å². The van der Waals surface area contributed by atoms with E-state index in [1.54, 1.807) is 25.1 Å². The van der Waals surface area contributed by atoms with E-state index in [1.165, 1.54) is 12.1 Å². The number of pyridine rings is 1. The second-order valence-corrected chi connectivity index (χ2v) is 4.27. The lowest BCUT2D eigenvalue weighted by Gasteiger charge is -2.07. The molecule has 0 saturated heterocycles. The first-order valence-corrected chi connectivity index (χ1v) is 5.60. The molecule has 0 fully saturated rings. The van der Waals surface area contributed by atoms with Crippen LogP contribution >= 0.6 is 11.6 Å². The van der Waals surface area contributed by atoms with Gasteiger partial charge in [-0.1, -0.05) is 23.7 Å². The Bertz CT molecular complexity index is 676. The van der Waals surface area contributed by atoms with Crippen molar-refractivity contribution in [2.45, 2.75) is 6.92 Å². The fourth-order valence-corrected chi connectivity index (χ4v) is 2.07. The number of halogens is 1. The van der Waals surface area contributed by atoms with Crippen LogP contribution in [0, 0.1) is 6.92 Å². The maximum Gasteiger partial charge on any atom is 0.337 e. The summed E-state index contributed by atoms with van der Waals surface area (Å²) in [6.07, 6.45) is 0. The van der Waals surface area contributed by atoms with E-state index in [-0.39, 0.29) is 16.1 Å². The normalized spacial score (nSPS) is 10.3. The number of aromatic nitrogens is 1. The molecule has 18 heavy (non-hydrogen) atoms. The van der Waals surface area contributed by atoms with E-state index in [9.17, 15) is 9.59 Å². The molecule has 2 N–H and O–H groups in total. The molecule has 0 aliphatic heterocycles. The molecular formula is C13H10ClNO3. The van der Waals surface area contributed by atoms with E-state index in [2.05, 4.69) is 4.98 Å². The third-order valence-electron chi connectivity index (χ3n) is 2.52. The van der Waals surface area contributed by atoms with Gasteiger partial charge in [0.1, 0.15) is 0 Å². The van der Waals surface area contributed by atoms with Gasteiger partial charge in [0.15, 0.2) is 0 Å². The zero-order valence-electron chi connectivity index (χ0n) is 9.53. The second kappa shape index (κ2) is 4.66. The Labute approximate surface area is 108 Å². The number of hydrogen-bond acceptors (Lipinski definition) is 2. The number of carboxylic acids is 1. The van der Waals surface area contributed by atoms with E-state index in [4.69, 9.17) is 16.7 Å². The highest BCUT2D eigenvalue weighted by Crippen LogP contribution is 2.30. The maximum absolute atomic E-state index is 11.4. The van der Waals surface area contributed by atoms with Crippen molar-refractivity contribution >= 4 is 17.6 Å². The molecule has 0 atom stereocenters. The summed E-state index contributed by atoms with van der Waals surface area (Å²) in [7, 11) is 0. The van der Waals surface area contributed by atoms with Crippen LogP contribution in [0.3, 0.4) is 0 Å². The van der Waals surface area contributed by atoms with Gasteiger partial charge in [0, 0.05) is 17.3 Å². The summed E-state index contributed by atoms with van der Waals surface area (Å²) in [5.74, 6) is -1.09. The Balaban J connectivity index is 2.68. The highest BCUT2D eigenvalue weighted by Gasteiger charge is 2.13. The number of carboxylic acid groups (broad SMARTS) is 1. The molecule has 0 spiro atoms. The molecule has 0 bridgehead atoms. The molecule has 2 aromatic rings. The molecule has 0 aliphatic rings. The largest absolute Gasteiger partial charge is 0.478 e. The van der Waals surface area contributed by atoms with Crippen LogP contribution in [0.4, 0.5) is 0 Å². The van der Waals surface area contributed by atoms with Crippen molar-refractivity contribution in [2.24, 2.45) is 0 Å². The minimum atomic E-state index is -1.09. The van der Waals surface area contributed by atoms with E-state index >= 15 is 0 Å². The molecule has 2 rings (SSSR count). The molecule has 0 amide bonds. The van der Waals surface area contributed by atoms with Gasteiger partial charge in [0.2, 0.25) is 5.56 Å². The average Bonchev–Trinajstić information content (AvgIpc) is 2.27. The van der Waals surface area contributed by atoms with Crippen LogP contribution in [0.2, 0.25) is 5.02 Å². The zero-order valence-corrected chi connectivity index (χ0v) is 10.3. The van der Waals surface area contributed by atoms with Crippen LogP contribution in [-0.4, -0.2) is 16.1 Å². The minimum absolute atomic E-state index is 0.0205. The molecule has 1 aromatic heterocycles. The first-order valence-electron chi connectivity index (χ1n) is 5.22. The van der Waals surface area contributed by atoms with Crippen LogP contribution in [0.15, 0.2) is 35.1 Å². The lowest BCUT2D eigenvalue weighted by Crippen LogP contribution is -2.06. The number of H-pyrrole nitrogens is 1. The molecule has 1 aromatic carbocycles. The topological polar surface area (TPSA) is 70.2 Å². The number of aromatic carboxylic acids is 1. The summed E-state index contributed by atoms with van der Waals surface area (Å²) >= 11 is 6.05. The Morgan fingerprint density at radius 2 is 2.06 bits per heavy atom. The van der Waals surface area contributed by atoms with Crippen LogP contribution in [0.5, 0.6) is 0 Å². The Morgan fingerprint density at radius 3 is 2.67 bits per heavy atom. The summed E-state index contributed by atoms with van der Waals surface area (Å²) < 4.78 is 0. The number of aryl methyl sites for hydroxylation is 1. The van der Waals surface area contributed by atoms with Crippen LogP contribution in [-0.2, 0) is 0 Å². The van der Waals surface area contributed by atoms with Crippen molar-refractivity contribution in [3.8, 4) is 11.1 Å². The van der Waals surface area contributed by atoms with Crippen LogP contribution < -0.4 is 5.56 Å². The van der Waals surface area contributed by atoms with Gasteiger partial charge in [-0.15, -0.1) is 0 Å². The standard InChI is InChI=1S/C13H10ClNO3/c1-7-5-8(6-11(16)15-7)9-3-2-4-10(12(9)14)13(17)18/h2-6H,1H3,(H,15,16)(H,17,18). The molecular weight excluding hydrogens is 254 g/mol. The smallest absolute Gasteiger partial charge is 0.337 e. The first kappa shape index (κ1) is 12.4. The van der Waals surface area contributed by atoms with Crippen molar-refractivity contribution < 1.29 is 9.90 Å². The Kier molecular flexibility index (Phi) is 3.21. The molecule has 0 aliphatic carbocycles. The minimum Gasteiger partial charge on any atom is -0.478 e. The summed E-state index contributed by atoms with van der Waals surface area (Å²) in [5, 5.41) is 9.13. The number of hydrogen-bond donors (Lipinski definition) is 2.